The van der Waals surface area contributed by atoms with Gasteiger partial charge in [-0.2, -0.15) is 5.10 Å². The Hall–Kier alpha value is -3.02. The zero-order valence-electron chi connectivity index (χ0n) is 15.0. The quantitative estimate of drug-likeness (QED) is 0.618. The smallest absolute Gasteiger partial charge is 0.277 e. The number of ether oxygens (including phenoxy) is 3. The van der Waals surface area contributed by atoms with Crippen molar-refractivity contribution in [3.05, 3.63) is 54.1 Å². The molecular formula is C19H24N2O4. The van der Waals surface area contributed by atoms with Gasteiger partial charge in [0.05, 0.1) is 20.4 Å². The van der Waals surface area contributed by atoms with E-state index in [9.17, 15) is 4.79 Å². The number of hydrogen-bond donors (Lipinski definition) is 1. The van der Waals surface area contributed by atoms with Gasteiger partial charge in [-0.3, -0.25) is 4.79 Å². The summed E-state index contributed by atoms with van der Waals surface area (Å²) < 4.78 is 15.7. The van der Waals surface area contributed by atoms with Crippen LogP contribution in [0.5, 0.6) is 17.2 Å². The molecule has 6 heteroatoms. The Bertz CT molecular complexity index is 672. The molecule has 0 aliphatic rings. The molecule has 25 heavy (non-hydrogen) atoms. The SMILES string of the molecule is CC.COc1ccc(/C=N/NC(=O)COc2ccccc2)cc1OC. The predicted octanol–water partition coefficient (Wildman–Crippen LogP) is 3.26. The van der Waals surface area contributed by atoms with E-state index >= 15 is 0 Å². The zero-order chi connectivity index (χ0) is 18.5. The highest BCUT2D eigenvalue weighted by Gasteiger charge is 2.04. The summed E-state index contributed by atoms with van der Waals surface area (Å²) in [5, 5.41) is 3.88. The number of nitrogens with one attached hydrogen (secondary N) is 1. The average molecular weight is 344 g/mol. The third-order valence-corrected chi connectivity index (χ3v) is 2.92. The van der Waals surface area contributed by atoms with Gasteiger partial charge in [0.15, 0.2) is 18.1 Å². The van der Waals surface area contributed by atoms with Crippen LogP contribution in [0.4, 0.5) is 0 Å². The van der Waals surface area contributed by atoms with E-state index in [-0.39, 0.29) is 12.5 Å². The second-order valence-electron chi connectivity index (χ2n) is 4.51. The molecule has 134 valence electrons. The van der Waals surface area contributed by atoms with Crippen LogP contribution in [0.2, 0.25) is 0 Å². The molecule has 2 rings (SSSR count). The fourth-order valence-electron chi connectivity index (χ4n) is 1.81. The van der Waals surface area contributed by atoms with Crippen molar-refractivity contribution in [3.8, 4) is 17.2 Å². The summed E-state index contributed by atoms with van der Waals surface area (Å²) in [6.45, 7) is 3.90. The van der Waals surface area contributed by atoms with Gasteiger partial charge < -0.3 is 14.2 Å². The summed E-state index contributed by atoms with van der Waals surface area (Å²) in [7, 11) is 3.13. The zero-order valence-corrected chi connectivity index (χ0v) is 15.0. The Morgan fingerprint density at radius 1 is 1.04 bits per heavy atom. The lowest BCUT2D eigenvalue weighted by molar-refractivity contribution is -0.123. The highest BCUT2D eigenvalue weighted by atomic mass is 16.5. The van der Waals surface area contributed by atoms with Crippen LogP contribution in [0, 0.1) is 0 Å². The summed E-state index contributed by atoms with van der Waals surface area (Å²) in [5.41, 5.74) is 3.17. The van der Waals surface area contributed by atoms with Crippen molar-refractivity contribution in [3.63, 3.8) is 0 Å². The van der Waals surface area contributed by atoms with Gasteiger partial charge in [0, 0.05) is 0 Å². The average Bonchev–Trinajstić information content (AvgIpc) is 2.68. The lowest BCUT2D eigenvalue weighted by atomic mass is 10.2. The van der Waals surface area contributed by atoms with Crippen LogP contribution in [-0.4, -0.2) is 32.9 Å². The molecule has 0 radical (unpaired) electrons. The number of nitrogens with zero attached hydrogens (tertiary/aromatic N) is 1. The maximum atomic E-state index is 11.6. The Morgan fingerprint density at radius 2 is 1.72 bits per heavy atom. The topological polar surface area (TPSA) is 69.2 Å². The van der Waals surface area contributed by atoms with Crippen molar-refractivity contribution in [2.45, 2.75) is 13.8 Å². The van der Waals surface area contributed by atoms with Gasteiger partial charge in [-0.05, 0) is 35.9 Å². The van der Waals surface area contributed by atoms with Crippen LogP contribution in [0.3, 0.4) is 0 Å². The lowest BCUT2D eigenvalue weighted by Crippen LogP contribution is -2.24. The number of amides is 1. The summed E-state index contributed by atoms with van der Waals surface area (Å²) in [6.07, 6.45) is 1.52. The molecule has 0 fully saturated rings. The molecule has 0 aliphatic carbocycles. The van der Waals surface area contributed by atoms with E-state index in [0.29, 0.717) is 17.2 Å². The van der Waals surface area contributed by atoms with Crippen LogP contribution in [0.15, 0.2) is 53.6 Å². The van der Waals surface area contributed by atoms with Crippen molar-refractivity contribution in [2.75, 3.05) is 20.8 Å². The van der Waals surface area contributed by atoms with E-state index in [1.54, 1.807) is 44.6 Å². The number of benzene rings is 2. The number of hydrazone groups is 1. The molecule has 0 bridgehead atoms. The number of rotatable bonds is 7. The molecule has 0 atom stereocenters. The highest BCUT2D eigenvalue weighted by molar-refractivity contribution is 5.83. The molecule has 0 heterocycles. The summed E-state index contributed by atoms with van der Waals surface area (Å²) in [5.74, 6) is 1.51. The molecule has 0 aliphatic heterocycles. The normalized spacial score (nSPS) is 9.76. The Morgan fingerprint density at radius 3 is 2.36 bits per heavy atom. The van der Waals surface area contributed by atoms with Crippen LogP contribution < -0.4 is 19.6 Å². The van der Waals surface area contributed by atoms with Crippen molar-refractivity contribution < 1.29 is 19.0 Å². The molecule has 2 aromatic carbocycles. The molecular weight excluding hydrogens is 320 g/mol. The molecule has 0 saturated heterocycles. The number of methoxy groups -OCH3 is 2. The fourth-order valence-corrected chi connectivity index (χ4v) is 1.81. The van der Waals surface area contributed by atoms with Gasteiger partial charge in [-0.25, -0.2) is 5.43 Å². The number of hydrogen-bond acceptors (Lipinski definition) is 5. The Labute approximate surface area is 148 Å². The van der Waals surface area contributed by atoms with Crippen LogP contribution in [0.25, 0.3) is 0 Å². The van der Waals surface area contributed by atoms with Crippen molar-refractivity contribution in [1.29, 1.82) is 0 Å². The first-order valence-corrected chi connectivity index (χ1v) is 7.94. The summed E-state index contributed by atoms with van der Waals surface area (Å²) in [4.78, 5) is 11.6. The van der Waals surface area contributed by atoms with Gasteiger partial charge in [0.25, 0.3) is 5.91 Å². The minimum atomic E-state index is -0.342. The fraction of sp³-hybridized carbons (Fsp3) is 0.263. The molecule has 1 amide bonds. The predicted molar refractivity (Wildman–Crippen MR) is 98.6 cm³/mol. The lowest BCUT2D eigenvalue weighted by Gasteiger charge is -2.07. The molecule has 6 nitrogen and oxygen atoms in total. The van der Waals surface area contributed by atoms with Crippen LogP contribution in [-0.2, 0) is 4.79 Å². The first kappa shape index (κ1) is 20.0. The minimum Gasteiger partial charge on any atom is -0.493 e. The maximum absolute atomic E-state index is 11.6. The third-order valence-electron chi connectivity index (χ3n) is 2.92. The number of carbonyl (C=O) groups is 1. The maximum Gasteiger partial charge on any atom is 0.277 e. The van der Waals surface area contributed by atoms with Gasteiger partial charge in [0.2, 0.25) is 0 Å². The number of para-hydroxylation sites is 1. The van der Waals surface area contributed by atoms with Gasteiger partial charge in [0.1, 0.15) is 5.75 Å². The number of carbonyl (C=O) groups excluding carboxylic acids is 1. The minimum absolute atomic E-state index is 0.104. The van der Waals surface area contributed by atoms with Crippen molar-refractivity contribution in [2.24, 2.45) is 5.10 Å². The molecule has 0 aromatic heterocycles. The van der Waals surface area contributed by atoms with Crippen LogP contribution >= 0.6 is 0 Å². The van der Waals surface area contributed by atoms with Gasteiger partial charge >= 0.3 is 0 Å². The van der Waals surface area contributed by atoms with Crippen LogP contribution in [0.1, 0.15) is 19.4 Å². The van der Waals surface area contributed by atoms with Crippen molar-refractivity contribution in [1.82, 2.24) is 5.43 Å². The second kappa shape index (κ2) is 11.5. The third kappa shape index (κ3) is 6.95. The van der Waals surface area contributed by atoms with Gasteiger partial charge in [-0.15, -0.1) is 0 Å². The van der Waals surface area contributed by atoms with E-state index in [4.69, 9.17) is 14.2 Å². The van der Waals surface area contributed by atoms with E-state index in [0.717, 1.165) is 5.56 Å². The Kier molecular flexibility index (Phi) is 9.22. The molecule has 0 saturated carbocycles. The first-order chi connectivity index (χ1) is 12.2. The highest BCUT2D eigenvalue weighted by Crippen LogP contribution is 2.26. The molecule has 2 aromatic rings. The standard InChI is InChI=1S/C17H18N2O4.C2H6/c1-21-15-9-8-13(10-16(15)22-2)11-18-19-17(20)12-23-14-6-4-3-5-7-14;1-2/h3-11H,12H2,1-2H3,(H,19,20);1-2H3/b18-11+;. The van der Waals surface area contributed by atoms with E-state index < -0.39 is 0 Å². The first-order valence-electron chi connectivity index (χ1n) is 7.94. The van der Waals surface area contributed by atoms with Crippen molar-refractivity contribution >= 4 is 12.1 Å². The summed E-state index contributed by atoms with van der Waals surface area (Å²) in [6, 6.07) is 14.4. The second-order valence-corrected chi connectivity index (χ2v) is 4.51. The Balaban J connectivity index is 0.00000151. The largest absolute Gasteiger partial charge is 0.493 e. The molecule has 0 spiro atoms. The monoisotopic (exact) mass is 344 g/mol. The van der Waals surface area contributed by atoms with E-state index in [2.05, 4.69) is 10.5 Å². The van der Waals surface area contributed by atoms with E-state index in [1.807, 2.05) is 32.0 Å². The molecule has 0 unspecified atom stereocenters. The van der Waals surface area contributed by atoms with E-state index in [1.165, 1.54) is 6.21 Å². The van der Waals surface area contributed by atoms with Gasteiger partial charge in [-0.1, -0.05) is 32.0 Å². The molecule has 1 N–H and O–H groups in total. The summed E-state index contributed by atoms with van der Waals surface area (Å²) >= 11 is 0.